The fourth-order valence-corrected chi connectivity index (χ4v) is 2.93. The van der Waals surface area contributed by atoms with E-state index in [9.17, 15) is 4.79 Å². The highest BCUT2D eigenvalue weighted by molar-refractivity contribution is 5.95. The summed E-state index contributed by atoms with van der Waals surface area (Å²) in [5, 5.41) is 6.86. The Kier molecular flexibility index (Phi) is 3.30. The minimum Gasteiger partial charge on any atom is -0.364 e. The molecule has 0 bridgehead atoms. The Bertz CT molecular complexity index is 646. The van der Waals surface area contributed by atoms with Crippen molar-refractivity contribution in [1.82, 2.24) is 10.5 Å². The molecule has 1 atom stereocenters. The van der Waals surface area contributed by atoms with Crippen molar-refractivity contribution in [3.05, 3.63) is 52.4 Å². The Morgan fingerprint density at radius 2 is 2.25 bits per heavy atom. The number of nitrogens with zero attached hydrogens (tertiary/aromatic N) is 1. The molecule has 4 nitrogen and oxygen atoms in total. The molecule has 1 heterocycles. The molecule has 1 amide bonds. The van der Waals surface area contributed by atoms with E-state index in [1.807, 2.05) is 0 Å². The number of carbonyl (C=O) groups is 1. The van der Waals surface area contributed by atoms with Crippen molar-refractivity contribution >= 4 is 5.91 Å². The van der Waals surface area contributed by atoms with Crippen LogP contribution < -0.4 is 5.32 Å². The number of aryl methyl sites for hydroxylation is 2. The van der Waals surface area contributed by atoms with Crippen LogP contribution >= 0.6 is 0 Å². The number of aromatic nitrogens is 1. The van der Waals surface area contributed by atoms with Crippen LogP contribution in [0.15, 0.2) is 29.0 Å². The number of hydrogen-bond donors (Lipinski definition) is 1. The van der Waals surface area contributed by atoms with Crippen LogP contribution in [0.1, 0.15) is 51.6 Å². The molecule has 104 valence electrons. The van der Waals surface area contributed by atoms with Gasteiger partial charge in [0.1, 0.15) is 11.8 Å². The summed E-state index contributed by atoms with van der Waals surface area (Å²) in [7, 11) is 0. The molecule has 1 unspecified atom stereocenters. The Morgan fingerprint density at radius 3 is 3.00 bits per heavy atom. The molecule has 1 aliphatic rings. The fourth-order valence-electron chi connectivity index (χ4n) is 2.93. The van der Waals surface area contributed by atoms with E-state index < -0.39 is 0 Å². The lowest BCUT2D eigenvalue weighted by molar-refractivity contribution is 0.0931. The normalized spacial score (nSPS) is 17.6. The van der Waals surface area contributed by atoms with Crippen molar-refractivity contribution < 1.29 is 9.32 Å². The molecule has 4 heteroatoms. The van der Waals surface area contributed by atoms with Crippen LogP contribution in [-0.2, 0) is 6.42 Å². The van der Waals surface area contributed by atoms with Crippen molar-refractivity contribution in [3.8, 4) is 0 Å². The predicted molar refractivity (Wildman–Crippen MR) is 75.6 cm³/mol. The second kappa shape index (κ2) is 5.12. The molecule has 1 aliphatic carbocycles. The van der Waals surface area contributed by atoms with Crippen LogP contribution in [0.4, 0.5) is 0 Å². The van der Waals surface area contributed by atoms with Crippen molar-refractivity contribution in [2.24, 2.45) is 0 Å². The maximum absolute atomic E-state index is 12.3. The summed E-state index contributed by atoms with van der Waals surface area (Å²) >= 11 is 0. The molecular weight excluding hydrogens is 252 g/mol. The molecule has 1 aromatic heterocycles. The van der Waals surface area contributed by atoms with Crippen LogP contribution in [0.3, 0.4) is 0 Å². The van der Waals surface area contributed by atoms with Gasteiger partial charge in [0.05, 0.1) is 11.7 Å². The molecule has 20 heavy (non-hydrogen) atoms. The predicted octanol–water partition coefficient (Wildman–Crippen LogP) is 3.10. The minimum absolute atomic E-state index is 0.0837. The lowest BCUT2D eigenvalue weighted by Gasteiger charge is -2.27. The van der Waals surface area contributed by atoms with E-state index in [0.29, 0.717) is 11.3 Å². The zero-order chi connectivity index (χ0) is 14.1. The average Bonchev–Trinajstić information content (AvgIpc) is 2.86. The van der Waals surface area contributed by atoms with Gasteiger partial charge in [-0.05, 0) is 49.8 Å². The third-order valence-electron chi connectivity index (χ3n) is 4.04. The van der Waals surface area contributed by atoms with Crippen molar-refractivity contribution in [3.63, 3.8) is 0 Å². The van der Waals surface area contributed by atoms with E-state index in [-0.39, 0.29) is 11.9 Å². The number of amides is 1. The number of fused-ring (bicyclic) bond motifs is 1. The first-order valence-corrected chi connectivity index (χ1v) is 6.97. The molecule has 0 radical (unpaired) electrons. The van der Waals surface area contributed by atoms with Crippen molar-refractivity contribution in [2.75, 3.05) is 0 Å². The van der Waals surface area contributed by atoms with Gasteiger partial charge in [-0.25, -0.2) is 0 Å². The molecule has 2 aromatic rings. The second-order valence-corrected chi connectivity index (χ2v) is 5.37. The first-order valence-electron chi connectivity index (χ1n) is 6.97. The Labute approximate surface area is 118 Å². The van der Waals surface area contributed by atoms with Gasteiger partial charge in [-0.3, -0.25) is 4.79 Å². The Morgan fingerprint density at radius 1 is 1.40 bits per heavy atom. The first kappa shape index (κ1) is 12.9. The molecule has 0 saturated carbocycles. The van der Waals surface area contributed by atoms with E-state index in [4.69, 9.17) is 4.52 Å². The summed E-state index contributed by atoms with van der Waals surface area (Å²) in [6.07, 6.45) is 4.59. The lowest BCUT2D eigenvalue weighted by atomic mass is 9.85. The zero-order valence-corrected chi connectivity index (χ0v) is 11.8. The zero-order valence-electron chi connectivity index (χ0n) is 11.8. The Hall–Kier alpha value is -2.10. The molecule has 1 aromatic carbocycles. The van der Waals surface area contributed by atoms with Crippen LogP contribution in [0, 0.1) is 13.8 Å². The SMILES string of the molecule is Cc1cccc2c1CCCC2NC(=O)c1conc1C. The van der Waals surface area contributed by atoms with Crippen LogP contribution in [0.2, 0.25) is 0 Å². The number of carbonyl (C=O) groups excluding carboxylic acids is 1. The number of hydrogen-bond acceptors (Lipinski definition) is 3. The third kappa shape index (κ3) is 2.22. The van der Waals surface area contributed by atoms with Crippen molar-refractivity contribution in [1.29, 1.82) is 0 Å². The highest BCUT2D eigenvalue weighted by atomic mass is 16.5. The quantitative estimate of drug-likeness (QED) is 0.912. The van der Waals surface area contributed by atoms with E-state index >= 15 is 0 Å². The van der Waals surface area contributed by atoms with Crippen molar-refractivity contribution in [2.45, 2.75) is 39.2 Å². The molecule has 0 fully saturated rings. The molecule has 0 spiro atoms. The number of benzene rings is 1. The van der Waals surface area contributed by atoms with E-state index in [1.54, 1.807) is 6.92 Å². The largest absolute Gasteiger partial charge is 0.364 e. The Balaban J connectivity index is 1.85. The maximum Gasteiger partial charge on any atom is 0.256 e. The first-order chi connectivity index (χ1) is 9.66. The highest BCUT2D eigenvalue weighted by Crippen LogP contribution is 2.31. The van der Waals surface area contributed by atoms with E-state index in [0.717, 1.165) is 19.3 Å². The number of nitrogens with one attached hydrogen (secondary N) is 1. The van der Waals surface area contributed by atoms with Gasteiger partial charge in [0.15, 0.2) is 0 Å². The summed E-state index contributed by atoms with van der Waals surface area (Å²) in [5.41, 5.74) is 5.08. The van der Waals surface area contributed by atoms with Gasteiger partial charge in [-0.1, -0.05) is 23.4 Å². The topological polar surface area (TPSA) is 55.1 Å². The van der Waals surface area contributed by atoms with Crippen LogP contribution in [0.25, 0.3) is 0 Å². The average molecular weight is 270 g/mol. The molecule has 0 aliphatic heterocycles. The molecule has 0 saturated heterocycles. The van der Waals surface area contributed by atoms with Crippen LogP contribution in [0.5, 0.6) is 0 Å². The van der Waals surface area contributed by atoms with E-state index in [2.05, 4.69) is 35.6 Å². The summed E-state index contributed by atoms with van der Waals surface area (Å²) in [6, 6.07) is 6.39. The fraction of sp³-hybridized carbons (Fsp3) is 0.375. The molecule has 1 N–H and O–H groups in total. The monoisotopic (exact) mass is 270 g/mol. The van der Waals surface area contributed by atoms with Gasteiger partial charge in [-0.15, -0.1) is 0 Å². The summed E-state index contributed by atoms with van der Waals surface area (Å²) < 4.78 is 4.83. The third-order valence-corrected chi connectivity index (χ3v) is 4.04. The maximum atomic E-state index is 12.3. The van der Waals surface area contributed by atoms with Gasteiger partial charge < -0.3 is 9.84 Å². The van der Waals surface area contributed by atoms with Gasteiger partial charge >= 0.3 is 0 Å². The van der Waals surface area contributed by atoms with E-state index in [1.165, 1.54) is 23.0 Å². The minimum atomic E-state index is -0.108. The second-order valence-electron chi connectivity index (χ2n) is 5.37. The molecular formula is C16H18N2O2. The number of rotatable bonds is 2. The van der Waals surface area contributed by atoms with Gasteiger partial charge in [0.25, 0.3) is 5.91 Å². The smallest absolute Gasteiger partial charge is 0.256 e. The van der Waals surface area contributed by atoms with Crippen LogP contribution in [-0.4, -0.2) is 11.1 Å². The summed E-state index contributed by atoms with van der Waals surface area (Å²) in [5.74, 6) is -0.108. The lowest BCUT2D eigenvalue weighted by Crippen LogP contribution is -2.31. The van der Waals surface area contributed by atoms with Gasteiger partial charge in [0.2, 0.25) is 0 Å². The summed E-state index contributed by atoms with van der Waals surface area (Å²) in [4.78, 5) is 12.3. The standard InChI is InChI=1S/C16H18N2O2/c1-10-5-3-7-13-12(10)6-4-8-15(13)17-16(19)14-9-20-18-11(14)2/h3,5,7,9,15H,4,6,8H2,1-2H3,(H,17,19). The summed E-state index contributed by atoms with van der Waals surface area (Å²) in [6.45, 7) is 3.91. The highest BCUT2D eigenvalue weighted by Gasteiger charge is 2.24. The van der Waals surface area contributed by atoms with Gasteiger partial charge in [0, 0.05) is 0 Å². The van der Waals surface area contributed by atoms with Gasteiger partial charge in [-0.2, -0.15) is 0 Å². The molecule has 3 rings (SSSR count).